The smallest absolute Gasteiger partial charge is 0.271 e. The van der Waals surface area contributed by atoms with Crippen molar-refractivity contribution in [3.05, 3.63) is 35.5 Å². The number of amides is 1. The van der Waals surface area contributed by atoms with Gasteiger partial charge in [-0.25, -0.2) is 14.6 Å². The van der Waals surface area contributed by atoms with Crippen molar-refractivity contribution < 1.29 is 9.53 Å². The molecule has 0 atom stereocenters. The highest BCUT2D eigenvalue weighted by atomic mass is 35.5. The first-order valence-corrected chi connectivity index (χ1v) is 7.90. The summed E-state index contributed by atoms with van der Waals surface area (Å²) in [5, 5.41) is 7.33. The summed E-state index contributed by atoms with van der Waals surface area (Å²) in [5.41, 5.74) is 0.202. The molecule has 2 aromatic rings. The molecule has 23 heavy (non-hydrogen) atoms. The van der Waals surface area contributed by atoms with E-state index in [2.05, 4.69) is 20.4 Å². The molecule has 0 radical (unpaired) electrons. The van der Waals surface area contributed by atoms with Crippen molar-refractivity contribution in [1.82, 2.24) is 25.1 Å². The van der Waals surface area contributed by atoms with E-state index < -0.39 is 0 Å². The van der Waals surface area contributed by atoms with Gasteiger partial charge in [0.1, 0.15) is 18.3 Å². The monoisotopic (exact) mass is 335 g/mol. The van der Waals surface area contributed by atoms with Crippen LogP contribution >= 0.6 is 11.6 Å². The summed E-state index contributed by atoms with van der Waals surface area (Å²) in [6.45, 7) is 0. The van der Waals surface area contributed by atoms with E-state index in [1.165, 1.54) is 17.3 Å². The Balaban J connectivity index is 1.71. The third kappa shape index (κ3) is 3.68. The molecule has 2 aromatic heterocycles. The molecule has 3 rings (SSSR count). The first-order chi connectivity index (χ1) is 11.2. The van der Waals surface area contributed by atoms with Crippen molar-refractivity contribution in [3.63, 3.8) is 0 Å². The zero-order valence-electron chi connectivity index (χ0n) is 12.8. The van der Waals surface area contributed by atoms with Gasteiger partial charge in [0.15, 0.2) is 5.82 Å². The molecule has 1 aliphatic rings. The number of hydrogen-bond donors (Lipinski definition) is 1. The largest absolute Gasteiger partial charge is 0.381 e. The van der Waals surface area contributed by atoms with Gasteiger partial charge in [0, 0.05) is 13.2 Å². The number of nitrogens with one attached hydrogen (secondary N) is 1. The Morgan fingerprint density at radius 2 is 2.13 bits per heavy atom. The van der Waals surface area contributed by atoms with Crippen molar-refractivity contribution >= 4 is 17.5 Å². The van der Waals surface area contributed by atoms with Crippen LogP contribution in [0.4, 0.5) is 0 Å². The number of carbonyl (C=O) groups is 1. The van der Waals surface area contributed by atoms with Gasteiger partial charge in [-0.2, -0.15) is 5.10 Å². The SMILES string of the molecule is COC1CCC(NC(=O)c2nc(-n3cncn3)ccc2Cl)CC1. The molecule has 0 saturated heterocycles. The molecule has 2 heterocycles. The van der Waals surface area contributed by atoms with Crippen molar-refractivity contribution in [3.8, 4) is 5.82 Å². The highest BCUT2D eigenvalue weighted by Crippen LogP contribution is 2.22. The lowest BCUT2D eigenvalue weighted by atomic mass is 9.93. The molecule has 1 N–H and O–H groups in total. The van der Waals surface area contributed by atoms with Gasteiger partial charge < -0.3 is 10.1 Å². The van der Waals surface area contributed by atoms with Gasteiger partial charge >= 0.3 is 0 Å². The zero-order valence-corrected chi connectivity index (χ0v) is 13.5. The Hall–Kier alpha value is -1.99. The molecule has 0 spiro atoms. The maximum Gasteiger partial charge on any atom is 0.271 e. The van der Waals surface area contributed by atoms with Crippen LogP contribution < -0.4 is 5.32 Å². The van der Waals surface area contributed by atoms with Gasteiger partial charge in [0.25, 0.3) is 5.91 Å². The highest BCUT2D eigenvalue weighted by Gasteiger charge is 2.24. The third-order valence-corrected chi connectivity index (χ3v) is 4.35. The van der Waals surface area contributed by atoms with Gasteiger partial charge in [-0.1, -0.05) is 11.6 Å². The van der Waals surface area contributed by atoms with Gasteiger partial charge in [0.05, 0.1) is 11.1 Å². The average molecular weight is 336 g/mol. The van der Waals surface area contributed by atoms with E-state index in [9.17, 15) is 4.79 Å². The van der Waals surface area contributed by atoms with Crippen molar-refractivity contribution in [1.29, 1.82) is 0 Å². The number of halogens is 1. The molecule has 7 nitrogen and oxygen atoms in total. The topological polar surface area (TPSA) is 81.9 Å². The number of pyridine rings is 1. The number of hydrogen-bond acceptors (Lipinski definition) is 5. The summed E-state index contributed by atoms with van der Waals surface area (Å²) in [5.74, 6) is 0.234. The third-order valence-electron chi connectivity index (χ3n) is 4.04. The van der Waals surface area contributed by atoms with Crippen LogP contribution in [0.25, 0.3) is 5.82 Å². The standard InChI is InChI=1S/C15H18ClN5O2/c1-23-11-4-2-10(3-5-11)19-15(22)14-12(16)6-7-13(20-14)21-9-17-8-18-21/h6-11H,2-5H2,1H3,(H,19,22). The summed E-state index contributed by atoms with van der Waals surface area (Å²) >= 11 is 6.13. The van der Waals surface area contributed by atoms with E-state index in [0.717, 1.165) is 25.7 Å². The second-order valence-electron chi connectivity index (χ2n) is 5.52. The second-order valence-corrected chi connectivity index (χ2v) is 5.93. The quantitative estimate of drug-likeness (QED) is 0.924. The number of aromatic nitrogens is 4. The predicted molar refractivity (Wildman–Crippen MR) is 84.7 cm³/mol. The molecular weight excluding hydrogens is 318 g/mol. The highest BCUT2D eigenvalue weighted by molar-refractivity contribution is 6.33. The normalized spacial score (nSPS) is 21.1. The molecule has 0 aromatic carbocycles. The van der Waals surface area contributed by atoms with E-state index in [0.29, 0.717) is 16.9 Å². The molecular formula is C15H18ClN5O2. The Labute approximate surface area is 139 Å². The zero-order chi connectivity index (χ0) is 16.2. The molecule has 1 saturated carbocycles. The molecule has 0 aliphatic heterocycles. The summed E-state index contributed by atoms with van der Waals surface area (Å²) in [6, 6.07) is 3.46. The summed E-state index contributed by atoms with van der Waals surface area (Å²) in [7, 11) is 1.73. The van der Waals surface area contributed by atoms with Gasteiger partial charge in [-0.3, -0.25) is 4.79 Å². The van der Waals surface area contributed by atoms with Crippen LogP contribution in [0.1, 0.15) is 36.2 Å². The van der Waals surface area contributed by atoms with Crippen molar-refractivity contribution in [2.24, 2.45) is 0 Å². The fourth-order valence-corrected chi connectivity index (χ4v) is 2.93. The van der Waals surface area contributed by atoms with E-state index in [1.54, 1.807) is 19.2 Å². The minimum absolute atomic E-state index is 0.127. The summed E-state index contributed by atoms with van der Waals surface area (Å²) < 4.78 is 6.83. The maximum atomic E-state index is 12.5. The lowest BCUT2D eigenvalue weighted by Crippen LogP contribution is -2.39. The summed E-state index contributed by atoms with van der Waals surface area (Å²) in [6.07, 6.45) is 6.90. The van der Waals surface area contributed by atoms with Crippen LogP contribution in [-0.4, -0.2) is 44.9 Å². The molecule has 1 fully saturated rings. The van der Waals surface area contributed by atoms with Crippen LogP contribution in [-0.2, 0) is 4.74 Å². The van der Waals surface area contributed by atoms with Crippen LogP contribution in [0.2, 0.25) is 5.02 Å². The lowest BCUT2D eigenvalue weighted by Gasteiger charge is -2.28. The van der Waals surface area contributed by atoms with Crippen molar-refractivity contribution in [2.45, 2.75) is 37.8 Å². The van der Waals surface area contributed by atoms with Crippen LogP contribution in [0.15, 0.2) is 24.8 Å². The van der Waals surface area contributed by atoms with E-state index in [-0.39, 0.29) is 17.6 Å². The van der Waals surface area contributed by atoms with E-state index >= 15 is 0 Å². The number of ether oxygens (including phenoxy) is 1. The number of methoxy groups -OCH3 is 1. The van der Waals surface area contributed by atoms with Gasteiger partial charge in [-0.05, 0) is 37.8 Å². The molecule has 0 unspecified atom stereocenters. The van der Waals surface area contributed by atoms with Crippen LogP contribution in [0.5, 0.6) is 0 Å². The van der Waals surface area contributed by atoms with Gasteiger partial charge in [-0.15, -0.1) is 0 Å². The fourth-order valence-electron chi connectivity index (χ4n) is 2.74. The lowest BCUT2D eigenvalue weighted by molar-refractivity contribution is 0.0598. The van der Waals surface area contributed by atoms with Crippen LogP contribution in [0, 0.1) is 0 Å². The summed E-state index contributed by atoms with van der Waals surface area (Å²) in [4.78, 5) is 20.6. The van der Waals surface area contributed by atoms with Crippen molar-refractivity contribution in [2.75, 3.05) is 7.11 Å². The molecule has 1 amide bonds. The molecule has 122 valence electrons. The Kier molecular flexibility index (Phi) is 4.88. The Morgan fingerprint density at radius 3 is 2.78 bits per heavy atom. The Morgan fingerprint density at radius 1 is 1.35 bits per heavy atom. The van der Waals surface area contributed by atoms with E-state index in [4.69, 9.17) is 16.3 Å². The minimum atomic E-state index is -0.266. The van der Waals surface area contributed by atoms with E-state index in [1.807, 2.05) is 0 Å². The molecule has 8 heteroatoms. The number of carbonyl (C=O) groups excluding carboxylic acids is 1. The molecule has 1 aliphatic carbocycles. The first-order valence-electron chi connectivity index (χ1n) is 7.52. The minimum Gasteiger partial charge on any atom is -0.381 e. The predicted octanol–water partition coefficient (Wildman–Crippen LogP) is 2.00. The average Bonchev–Trinajstić information content (AvgIpc) is 3.10. The second kappa shape index (κ2) is 7.06. The maximum absolute atomic E-state index is 12.5. The number of rotatable bonds is 4. The Bertz CT molecular complexity index is 669. The van der Waals surface area contributed by atoms with Crippen LogP contribution in [0.3, 0.4) is 0 Å². The fraction of sp³-hybridized carbons (Fsp3) is 0.467. The number of nitrogens with zero attached hydrogens (tertiary/aromatic N) is 4. The molecule has 0 bridgehead atoms. The van der Waals surface area contributed by atoms with Gasteiger partial charge in [0.2, 0.25) is 0 Å². The first kappa shape index (κ1) is 15.9.